The molecule has 3 heterocycles. The standard InChI is InChI=1S/C26H27ClF5N3O3/c27-23-18(15-36)1-2-22(33-23)34-7-3-16(4-8-34)11-17-5-9-35(10-6-17)24(37)25(38,26(30,31)32)19-12-20(28)14-21(29)13-19/h1-2,12-17,38H,3-11H2. The molecule has 38 heavy (non-hydrogen) atoms. The van der Waals surface area contributed by atoms with Gasteiger partial charge in [0, 0.05) is 37.8 Å². The second-order valence-electron chi connectivity index (χ2n) is 9.94. The van der Waals surface area contributed by atoms with Gasteiger partial charge in [-0.2, -0.15) is 13.2 Å². The van der Waals surface area contributed by atoms with Crippen molar-refractivity contribution in [3.63, 3.8) is 0 Å². The fourth-order valence-electron chi connectivity index (χ4n) is 5.34. The summed E-state index contributed by atoms with van der Waals surface area (Å²) < 4.78 is 68.9. The van der Waals surface area contributed by atoms with Gasteiger partial charge in [-0.3, -0.25) is 9.59 Å². The van der Waals surface area contributed by atoms with Gasteiger partial charge in [0.15, 0.2) is 6.29 Å². The molecule has 1 N–H and O–H groups in total. The van der Waals surface area contributed by atoms with Gasteiger partial charge in [0.25, 0.3) is 11.5 Å². The summed E-state index contributed by atoms with van der Waals surface area (Å²) in [6.45, 7) is 1.50. The third kappa shape index (κ3) is 5.78. The Bertz CT molecular complexity index is 1160. The van der Waals surface area contributed by atoms with E-state index in [1.165, 1.54) is 0 Å². The number of carbonyl (C=O) groups is 2. The summed E-state index contributed by atoms with van der Waals surface area (Å²) >= 11 is 6.03. The van der Waals surface area contributed by atoms with Crippen molar-refractivity contribution in [2.24, 2.45) is 11.8 Å². The largest absolute Gasteiger partial charge is 0.430 e. The Morgan fingerprint density at radius 1 is 1.00 bits per heavy atom. The van der Waals surface area contributed by atoms with Crippen molar-refractivity contribution in [1.29, 1.82) is 0 Å². The van der Waals surface area contributed by atoms with Gasteiger partial charge < -0.3 is 14.9 Å². The molecule has 206 valence electrons. The number of hydrogen-bond acceptors (Lipinski definition) is 5. The van der Waals surface area contributed by atoms with E-state index in [-0.39, 0.29) is 24.2 Å². The van der Waals surface area contributed by atoms with E-state index in [0.717, 1.165) is 37.3 Å². The highest BCUT2D eigenvalue weighted by Crippen LogP contribution is 2.42. The predicted molar refractivity (Wildman–Crippen MR) is 130 cm³/mol. The number of aromatic nitrogens is 1. The normalized spacial score (nSPS) is 19.3. The lowest BCUT2D eigenvalue weighted by Gasteiger charge is -2.40. The van der Waals surface area contributed by atoms with Crippen LogP contribution in [0.1, 0.15) is 48.0 Å². The van der Waals surface area contributed by atoms with E-state index in [4.69, 9.17) is 11.6 Å². The van der Waals surface area contributed by atoms with Crippen LogP contribution in [-0.4, -0.2) is 59.5 Å². The number of likely N-dealkylation sites (tertiary alicyclic amines) is 1. The van der Waals surface area contributed by atoms with Crippen LogP contribution < -0.4 is 4.90 Å². The molecule has 1 unspecified atom stereocenters. The molecule has 0 spiro atoms. The number of alkyl halides is 3. The monoisotopic (exact) mass is 559 g/mol. The molecule has 6 nitrogen and oxygen atoms in total. The Hall–Kier alpha value is -2.79. The van der Waals surface area contributed by atoms with Crippen LogP contribution in [-0.2, 0) is 10.4 Å². The summed E-state index contributed by atoms with van der Waals surface area (Å²) in [6, 6.07) is 4.41. The van der Waals surface area contributed by atoms with Gasteiger partial charge in [-0.05, 0) is 68.2 Å². The van der Waals surface area contributed by atoms with E-state index >= 15 is 0 Å². The topological polar surface area (TPSA) is 73.7 Å². The van der Waals surface area contributed by atoms with Gasteiger partial charge in [0.2, 0.25) is 0 Å². The number of pyridine rings is 1. The molecule has 1 amide bonds. The van der Waals surface area contributed by atoms with Crippen LogP contribution in [0.2, 0.25) is 5.15 Å². The van der Waals surface area contributed by atoms with Crippen molar-refractivity contribution in [3.8, 4) is 0 Å². The number of hydrogen-bond donors (Lipinski definition) is 1. The maximum absolute atomic E-state index is 13.9. The quantitative estimate of drug-likeness (QED) is 0.302. The molecule has 0 aliphatic carbocycles. The van der Waals surface area contributed by atoms with Gasteiger partial charge in [0.05, 0.1) is 5.56 Å². The molecule has 2 fully saturated rings. The van der Waals surface area contributed by atoms with E-state index < -0.39 is 34.9 Å². The first-order chi connectivity index (χ1) is 17.9. The van der Waals surface area contributed by atoms with Crippen molar-refractivity contribution in [1.82, 2.24) is 9.88 Å². The minimum absolute atomic E-state index is 0.00400. The number of amides is 1. The number of aldehydes is 1. The van der Waals surface area contributed by atoms with Gasteiger partial charge in [0.1, 0.15) is 22.6 Å². The third-order valence-electron chi connectivity index (χ3n) is 7.50. The minimum Gasteiger partial charge on any atom is -0.368 e. The number of aliphatic hydroxyl groups is 1. The molecule has 1 atom stereocenters. The van der Waals surface area contributed by atoms with Gasteiger partial charge >= 0.3 is 6.18 Å². The van der Waals surface area contributed by atoms with Crippen LogP contribution in [0.3, 0.4) is 0 Å². The Balaban J connectivity index is 1.33. The Labute approximate surface area is 221 Å². The Kier molecular flexibility index (Phi) is 8.27. The smallest absolute Gasteiger partial charge is 0.368 e. The average Bonchev–Trinajstić information content (AvgIpc) is 2.87. The van der Waals surface area contributed by atoms with Crippen molar-refractivity contribution in [3.05, 3.63) is 58.2 Å². The molecule has 12 heteroatoms. The zero-order chi connectivity index (χ0) is 27.7. The summed E-state index contributed by atoms with van der Waals surface area (Å²) in [4.78, 5) is 31.1. The fourth-order valence-corrected chi connectivity index (χ4v) is 5.53. The van der Waals surface area contributed by atoms with Gasteiger partial charge in [-0.1, -0.05) is 11.6 Å². The molecular weight excluding hydrogens is 533 g/mol. The van der Waals surface area contributed by atoms with Crippen molar-refractivity contribution in [2.45, 2.75) is 43.9 Å². The lowest BCUT2D eigenvalue weighted by atomic mass is 9.82. The van der Waals surface area contributed by atoms with Crippen LogP contribution in [0.15, 0.2) is 30.3 Å². The molecule has 2 saturated heterocycles. The molecule has 2 aromatic rings. The lowest BCUT2D eigenvalue weighted by Crippen LogP contribution is -2.57. The first-order valence-electron chi connectivity index (χ1n) is 12.3. The second kappa shape index (κ2) is 11.1. The second-order valence-corrected chi connectivity index (χ2v) is 10.3. The molecule has 4 rings (SSSR count). The molecule has 0 bridgehead atoms. The predicted octanol–water partition coefficient (Wildman–Crippen LogP) is 5.12. The number of halogens is 6. The number of rotatable bonds is 6. The van der Waals surface area contributed by atoms with E-state index in [0.29, 0.717) is 54.6 Å². The highest BCUT2D eigenvalue weighted by molar-refractivity contribution is 6.31. The first kappa shape index (κ1) is 28.2. The number of nitrogens with zero attached hydrogens (tertiary/aromatic N) is 3. The Morgan fingerprint density at radius 2 is 1.55 bits per heavy atom. The van der Waals surface area contributed by atoms with Gasteiger partial charge in [-0.25, -0.2) is 13.8 Å². The summed E-state index contributed by atoms with van der Waals surface area (Å²) in [5, 5.41) is 10.6. The first-order valence-corrected chi connectivity index (χ1v) is 12.7. The number of benzene rings is 1. The van der Waals surface area contributed by atoms with E-state index in [1.807, 2.05) is 0 Å². The zero-order valence-electron chi connectivity index (χ0n) is 20.4. The maximum Gasteiger partial charge on any atom is 0.430 e. The summed E-state index contributed by atoms with van der Waals surface area (Å²) in [6.07, 6.45) is -1.28. The van der Waals surface area contributed by atoms with Crippen LogP contribution in [0.25, 0.3) is 0 Å². The zero-order valence-corrected chi connectivity index (χ0v) is 21.1. The molecule has 1 aromatic heterocycles. The SMILES string of the molecule is O=Cc1ccc(N2CCC(CC3CCN(C(=O)C(O)(c4cc(F)cc(F)c4)C(F)(F)F)CC3)CC2)nc1Cl. The average molecular weight is 560 g/mol. The fraction of sp³-hybridized carbons (Fsp3) is 0.500. The highest BCUT2D eigenvalue weighted by atomic mass is 35.5. The van der Waals surface area contributed by atoms with E-state index in [2.05, 4.69) is 9.88 Å². The molecule has 0 saturated carbocycles. The molecule has 2 aliphatic heterocycles. The van der Waals surface area contributed by atoms with Crippen molar-refractivity contribution >= 4 is 29.6 Å². The molecular formula is C26H27ClF5N3O3. The van der Waals surface area contributed by atoms with Crippen LogP contribution in [0, 0.1) is 23.5 Å². The third-order valence-corrected chi connectivity index (χ3v) is 7.80. The van der Waals surface area contributed by atoms with Crippen LogP contribution in [0.4, 0.5) is 27.8 Å². The van der Waals surface area contributed by atoms with Crippen molar-refractivity contribution < 1.29 is 36.6 Å². The lowest BCUT2D eigenvalue weighted by molar-refractivity contribution is -0.262. The van der Waals surface area contributed by atoms with E-state index in [1.54, 1.807) is 12.1 Å². The van der Waals surface area contributed by atoms with Crippen LogP contribution in [0.5, 0.6) is 0 Å². The van der Waals surface area contributed by atoms with Crippen LogP contribution >= 0.6 is 11.6 Å². The summed E-state index contributed by atoms with van der Waals surface area (Å²) in [5.41, 5.74) is -4.90. The summed E-state index contributed by atoms with van der Waals surface area (Å²) in [5.74, 6) is -2.99. The summed E-state index contributed by atoms with van der Waals surface area (Å²) in [7, 11) is 0. The van der Waals surface area contributed by atoms with Crippen molar-refractivity contribution in [2.75, 3.05) is 31.1 Å². The maximum atomic E-state index is 13.9. The number of piperidine rings is 2. The molecule has 1 aromatic carbocycles. The molecule has 2 aliphatic rings. The van der Waals surface area contributed by atoms with E-state index in [9.17, 15) is 36.6 Å². The number of anilines is 1. The van der Waals surface area contributed by atoms with Gasteiger partial charge in [-0.15, -0.1) is 0 Å². The highest BCUT2D eigenvalue weighted by Gasteiger charge is 2.62. The minimum atomic E-state index is -5.47. The molecule has 0 radical (unpaired) electrons. The number of carbonyl (C=O) groups excluding carboxylic acids is 2. The Morgan fingerprint density at radius 3 is 2.05 bits per heavy atom.